The fourth-order valence-corrected chi connectivity index (χ4v) is 3.72. The lowest BCUT2D eigenvalue weighted by Gasteiger charge is -2.13. The Morgan fingerprint density at radius 1 is 1.11 bits per heavy atom. The quantitative estimate of drug-likeness (QED) is 0.515. The summed E-state index contributed by atoms with van der Waals surface area (Å²) in [6, 6.07) is 7.03. The summed E-state index contributed by atoms with van der Waals surface area (Å²) >= 11 is 0. The monoisotopic (exact) mass is 383 g/mol. The minimum absolute atomic E-state index is 0.0807. The Bertz CT molecular complexity index is 955. The van der Waals surface area contributed by atoms with Crippen LogP contribution in [0.1, 0.15) is 57.8 Å². The number of fused-ring (bicyclic) bond motifs is 1. The zero-order chi connectivity index (χ0) is 19.8. The average molecular weight is 383 g/mol. The van der Waals surface area contributed by atoms with E-state index in [4.69, 9.17) is 0 Å². The molecule has 0 spiro atoms. The highest BCUT2D eigenvalue weighted by Gasteiger charge is 2.08. The Labute approximate surface area is 164 Å². The summed E-state index contributed by atoms with van der Waals surface area (Å²) in [4.78, 5) is 39.2. The van der Waals surface area contributed by atoms with E-state index in [1.165, 1.54) is 35.8 Å². The molecule has 3 rings (SSSR count). The van der Waals surface area contributed by atoms with Crippen molar-refractivity contribution < 1.29 is 4.79 Å². The van der Waals surface area contributed by atoms with Crippen LogP contribution in [-0.4, -0.2) is 22.0 Å². The summed E-state index contributed by atoms with van der Waals surface area (Å²) < 4.78 is 1.25. The van der Waals surface area contributed by atoms with Crippen molar-refractivity contribution in [3.63, 3.8) is 0 Å². The number of nitrogens with zero attached hydrogens (tertiary/aromatic N) is 1. The van der Waals surface area contributed by atoms with Crippen LogP contribution in [0.25, 0.3) is 10.9 Å². The van der Waals surface area contributed by atoms with E-state index in [9.17, 15) is 14.4 Å². The number of nitrogens with one attached hydrogen (secondary N) is 2. The third kappa shape index (κ3) is 5.44. The van der Waals surface area contributed by atoms with Crippen LogP contribution in [0.15, 0.2) is 45.5 Å². The van der Waals surface area contributed by atoms with Crippen LogP contribution < -0.4 is 16.6 Å². The highest BCUT2D eigenvalue weighted by Crippen LogP contribution is 2.19. The SMILES string of the molecule is O=C(CCCCCn1c(=O)[nH]c2ccccc2c1=O)NCCC1=CCCCC1. The Morgan fingerprint density at radius 2 is 1.96 bits per heavy atom. The average Bonchev–Trinajstić information content (AvgIpc) is 2.71. The number of aromatic nitrogens is 2. The normalized spacial score (nSPS) is 14.1. The topological polar surface area (TPSA) is 84.0 Å². The molecule has 0 aliphatic heterocycles. The molecule has 1 aliphatic rings. The van der Waals surface area contributed by atoms with Gasteiger partial charge in [0.25, 0.3) is 5.56 Å². The van der Waals surface area contributed by atoms with E-state index in [1.807, 2.05) is 0 Å². The zero-order valence-corrected chi connectivity index (χ0v) is 16.3. The summed E-state index contributed by atoms with van der Waals surface area (Å²) in [5.41, 5.74) is 1.40. The van der Waals surface area contributed by atoms with Gasteiger partial charge in [0, 0.05) is 19.5 Å². The molecule has 2 N–H and O–H groups in total. The van der Waals surface area contributed by atoms with Crippen LogP contribution in [0.4, 0.5) is 0 Å². The maximum Gasteiger partial charge on any atom is 0.328 e. The molecular formula is C22H29N3O3. The number of benzene rings is 1. The van der Waals surface area contributed by atoms with E-state index >= 15 is 0 Å². The molecule has 0 bridgehead atoms. The summed E-state index contributed by atoms with van der Waals surface area (Å²) in [6.45, 7) is 1.08. The summed E-state index contributed by atoms with van der Waals surface area (Å²) in [5, 5.41) is 3.51. The van der Waals surface area contributed by atoms with E-state index in [-0.39, 0.29) is 17.2 Å². The molecule has 1 amide bonds. The van der Waals surface area contributed by atoms with Gasteiger partial charge in [-0.1, -0.05) is 30.2 Å². The second-order valence-electron chi connectivity index (χ2n) is 7.45. The molecular weight excluding hydrogens is 354 g/mol. The molecule has 150 valence electrons. The maximum absolute atomic E-state index is 12.4. The van der Waals surface area contributed by atoms with Crippen molar-refractivity contribution in [1.82, 2.24) is 14.9 Å². The molecule has 1 aliphatic carbocycles. The van der Waals surface area contributed by atoms with Crippen molar-refractivity contribution in [1.29, 1.82) is 0 Å². The van der Waals surface area contributed by atoms with Gasteiger partial charge in [-0.05, 0) is 57.1 Å². The second kappa shape index (κ2) is 10.1. The first-order chi connectivity index (χ1) is 13.6. The Hall–Kier alpha value is -2.63. The Balaban J connectivity index is 1.37. The lowest BCUT2D eigenvalue weighted by Crippen LogP contribution is -2.35. The Morgan fingerprint density at radius 3 is 2.79 bits per heavy atom. The molecule has 2 aromatic rings. The maximum atomic E-state index is 12.4. The molecule has 0 saturated carbocycles. The standard InChI is InChI=1S/C22H29N3O3/c26-20(23-15-14-17-9-3-1-4-10-17)13-5-2-8-16-25-21(27)18-11-6-7-12-19(18)24-22(25)28/h6-7,9,11-12H,1-5,8,10,13-16H2,(H,23,26)(H,24,28). The smallest absolute Gasteiger partial charge is 0.328 e. The van der Waals surface area contributed by atoms with Gasteiger partial charge in [0.2, 0.25) is 5.91 Å². The lowest BCUT2D eigenvalue weighted by atomic mass is 9.97. The highest BCUT2D eigenvalue weighted by molar-refractivity contribution is 5.77. The summed E-state index contributed by atoms with van der Waals surface area (Å²) in [6.07, 6.45) is 10.9. The first kappa shape index (κ1) is 20.1. The van der Waals surface area contributed by atoms with Gasteiger partial charge in [-0.3, -0.25) is 14.2 Å². The van der Waals surface area contributed by atoms with Crippen molar-refractivity contribution in [3.8, 4) is 0 Å². The van der Waals surface area contributed by atoms with Crippen molar-refractivity contribution in [2.75, 3.05) is 6.54 Å². The predicted octanol–water partition coefficient (Wildman–Crippen LogP) is 3.26. The number of hydrogen-bond donors (Lipinski definition) is 2. The highest BCUT2D eigenvalue weighted by atomic mass is 16.2. The third-order valence-electron chi connectivity index (χ3n) is 5.33. The van der Waals surface area contributed by atoms with Crippen LogP contribution in [0.2, 0.25) is 0 Å². The van der Waals surface area contributed by atoms with Crippen LogP contribution in [0, 0.1) is 0 Å². The number of aromatic amines is 1. The van der Waals surface area contributed by atoms with Crippen molar-refractivity contribution in [3.05, 3.63) is 56.8 Å². The molecule has 0 unspecified atom stereocenters. The summed E-state index contributed by atoms with van der Waals surface area (Å²) in [7, 11) is 0. The van der Waals surface area contributed by atoms with Crippen molar-refractivity contribution in [2.24, 2.45) is 0 Å². The molecule has 6 nitrogen and oxygen atoms in total. The fraction of sp³-hybridized carbons (Fsp3) is 0.500. The zero-order valence-electron chi connectivity index (χ0n) is 16.3. The van der Waals surface area contributed by atoms with Crippen LogP contribution in [0.5, 0.6) is 0 Å². The van der Waals surface area contributed by atoms with E-state index in [2.05, 4.69) is 16.4 Å². The predicted molar refractivity (Wildman–Crippen MR) is 111 cm³/mol. The molecule has 0 fully saturated rings. The number of carbonyl (C=O) groups is 1. The molecule has 1 heterocycles. The summed E-state index contributed by atoms with van der Waals surface area (Å²) in [5.74, 6) is 0.0807. The number of unbranched alkanes of at least 4 members (excludes halogenated alkanes) is 2. The minimum atomic E-state index is -0.376. The molecule has 28 heavy (non-hydrogen) atoms. The van der Waals surface area contributed by atoms with Gasteiger partial charge in [-0.25, -0.2) is 4.79 Å². The number of allylic oxidation sites excluding steroid dienone is 1. The van der Waals surface area contributed by atoms with Gasteiger partial charge in [0.1, 0.15) is 0 Å². The van der Waals surface area contributed by atoms with Gasteiger partial charge in [0.15, 0.2) is 0 Å². The van der Waals surface area contributed by atoms with Gasteiger partial charge >= 0.3 is 5.69 Å². The number of hydrogen-bond acceptors (Lipinski definition) is 3. The van der Waals surface area contributed by atoms with Crippen molar-refractivity contribution in [2.45, 2.75) is 64.3 Å². The van der Waals surface area contributed by atoms with E-state index in [1.54, 1.807) is 24.3 Å². The lowest BCUT2D eigenvalue weighted by molar-refractivity contribution is -0.121. The first-order valence-corrected chi connectivity index (χ1v) is 10.3. The largest absolute Gasteiger partial charge is 0.356 e. The number of carbonyl (C=O) groups excluding carboxylic acids is 1. The molecule has 1 aromatic heterocycles. The fourth-order valence-electron chi connectivity index (χ4n) is 3.72. The van der Waals surface area contributed by atoms with Gasteiger partial charge in [0.05, 0.1) is 10.9 Å². The van der Waals surface area contributed by atoms with E-state index < -0.39 is 0 Å². The molecule has 1 aromatic carbocycles. The second-order valence-corrected chi connectivity index (χ2v) is 7.45. The molecule has 0 radical (unpaired) electrons. The Kier molecular flexibility index (Phi) is 7.23. The first-order valence-electron chi connectivity index (χ1n) is 10.3. The van der Waals surface area contributed by atoms with Gasteiger partial charge in [-0.15, -0.1) is 0 Å². The minimum Gasteiger partial charge on any atom is -0.356 e. The third-order valence-corrected chi connectivity index (χ3v) is 5.33. The van der Waals surface area contributed by atoms with Gasteiger partial charge in [-0.2, -0.15) is 0 Å². The number of para-hydroxylation sites is 1. The molecule has 6 heteroatoms. The van der Waals surface area contributed by atoms with Crippen LogP contribution in [-0.2, 0) is 11.3 Å². The molecule has 0 atom stereocenters. The number of amides is 1. The van der Waals surface area contributed by atoms with E-state index in [0.29, 0.717) is 36.8 Å². The van der Waals surface area contributed by atoms with Crippen molar-refractivity contribution >= 4 is 16.8 Å². The molecule has 0 saturated heterocycles. The number of rotatable bonds is 9. The van der Waals surface area contributed by atoms with Gasteiger partial charge < -0.3 is 10.3 Å². The number of H-pyrrole nitrogens is 1. The van der Waals surface area contributed by atoms with Crippen LogP contribution in [0.3, 0.4) is 0 Å². The van der Waals surface area contributed by atoms with E-state index in [0.717, 1.165) is 19.3 Å². The van der Waals surface area contributed by atoms with Crippen LogP contribution >= 0.6 is 0 Å².